The van der Waals surface area contributed by atoms with E-state index in [1.807, 2.05) is 0 Å². The van der Waals surface area contributed by atoms with Gasteiger partial charge in [0.2, 0.25) is 0 Å². The fourth-order valence-corrected chi connectivity index (χ4v) is 6.08. The second kappa shape index (κ2) is 46.3. The lowest BCUT2D eigenvalue weighted by atomic mass is 10.1. The van der Waals surface area contributed by atoms with Crippen LogP contribution in [0.15, 0.2) is 85.1 Å². The minimum Gasteiger partial charge on any atom is -0.462 e. The Kier molecular flexibility index (Phi) is 43.6. The van der Waals surface area contributed by atoms with E-state index >= 15 is 0 Å². The molecule has 0 saturated heterocycles. The van der Waals surface area contributed by atoms with Crippen LogP contribution in [0.4, 0.5) is 0 Å². The lowest BCUT2D eigenvalue weighted by Crippen LogP contribution is -2.30. The Hall–Kier alpha value is -3.41. The zero-order chi connectivity index (χ0) is 42.3. The van der Waals surface area contributed by atoms with Crippen LogP contribution in [-0.2, 0) is 28.6 Å². The van der Waals surface area contributed by atoms with Crippen molar-refractivity contribution < 1.29 is 28.6 Å². The van der Waals surface area contributed by atoms with Gasteiger partial charge in [0.05, 0.1) is 0 Å². The van der Waals surface area contributed by atoms with Gasteiger partial charge >= 0.3 is 17.9 Å². The zero-order valence-corrected chi connectivity index (χ0v) is 37.5. The summed E-state index contributed by atoms with van der Waals surface area (Å²) in [5.41, 5.74) is 0. The Morgan fingerprint density at radius 2 is 0.672 bits per heavy atom. The molecule has 0 aromatic carbocycles. The molecule has 0 aromatic heterocycles. The summed E-state index contributed by atoms with van der Waals surface area (Å²) in [6.07, 6.45) is 58.7. The third-order valence-corrected chi connectivity index (χ3v) is 9.63. The summed E-state index contributed by atoms with van der Waals surface area (Å²) in [4.78, 5) is 37.6. The van der Waals surface area contributed by atoms with Crippen LogP contribution in [0, 0.1) is 0 Å². The van der Waals surface area contributed by atoms with E-state index in [-0.39, 0.29) is 31.1 Å². The van der Waals surface area contributed by atoms with Crippen LogP contribution in [-0.4, -0.2) is 37.2 Å². The second-order valence-electron chi connectivity index (χ2n) is 15.3. The Labute approximate surface area is 356 Å². The fraction of sp³-hybridized carbons (Fsp3) is 0.673. The molecule has 0 heterocycles. The van der Waals surface area contributed by atoms with Crippen LogP contribution in [0.1, 0.15) is 207 Å². The van der Waals surface area contributed by atoms with Gasteiger partial charge < -0.3 is 14.2 Å². The molecule has 0 radical (unpaired) electrons. The van der Waals surface area contributed by atoms with Crippen molar-refractivity contribution >= 4 is 17.9 Å². The third kappa shape index (κ3) is 43.7. The van der Waals surface area contributed by atoms with Crippen molar-refractivity contribution in [2.45, 2.75) is 213 Å². The molecular weight excluding hydrogens is 721 g/mol. The van der Waals surface area contributed by atoms with Gasteiger partial charge in [0, 0.05) is 19.3 Å². The molecule has 0 spiro atoms. The first-order valence-electron chi connectivity index (χ1n) is 23.6. The summed E-state index contributed by atoms with van der Waals surface area (Å²) < 4.78 is 16.6. The Morgan fingerprint density at radius 3 is 1.14 bits per heavy atom. The van der Waals surface area contributed by atoms with Gasteiger partial charge in [-0.05, 0) is 96.3 Å². The molecule has 0 rings (SSSR count). The number of carbonyl (C=O) groups excluding carboxylic acids is 3. The molecular formula is C52H86O6. The highest BCUT2D eigenvalue weighted by atomic mass is 16.6. The zero-order valence-electron chi connectivity index (χ0n) is 37.5. The van der Waals surface area contributed by atoms with Gasteiger partial charge in [-0.2, -0.15) is 0 Å². The summed E-state index contributed by atoms with van der Waals surface area (Å²) in [7, 11) is 0. The fourth-order valence-electron chi connectivity index (χ4n) is 6.08. The van der Waals surface area contributed by atoms with Crippen molar-refractivity contribution in [2.24, 2.45) is 0 Å². The largest absolute Gasteiger partial charge is 0.462 e. The van der Waals surface area contributed by atoms with Crippen molar-refractivity contribution in [1.82, 2.24) is 0 Å². The summed E-state index contributed by atoms with van der Waals surface area (Å²) in [5.74, 6) is -0.962. The number of esters is 3. The van der Waals surface area contributed by atoms with Gasteiger partial charge in [0.15, 0.2) is 6.10 Å². The monoisotopic (exact) mass is 807 g/mol. The number of carbonyl (C=O) groups is 3. The van der Waals surface area contributed by atoms with Crippen molar-refractivity contribution in [3.05, 3.63) is 85.1 Å². The van der Waals surface area contributed by atoms with Gasteiger partial charge in [0.1, 0.15) is 13.2 Å². The number of allylic oxidation sites excluding steroid dienone is 14. The van der Waals surface area contributed by atoms with Gasteiger partial charge in [0.25, 0.3) is 0 Å². The molecule has 6 heteroatoms. The average Bonchev–Trinajstić information content (AvgIpc) is 3.22. The number of ether oxygens (including phenoxy) is 3. The van der Waals surface area contributed by atoms with E-state index < -0.39 is 6.10 Å². The van der Waals surface area contributed by atoms with Gasteiger partial charge in [-0.25, -0.2) is 0 Å². The summed E-state index contributed by atoms with van der Waals surface area (Å²) in [6, 6.07) is 0. The van der Waals surface area contributed by atoms with Crippen LogP contribution in [0.5, 0.6) is 0 Å². The van der Waals surface area contributed by atoms with E-state index in [1.54, 1.807) is 0 Å². The molecule has 0 N–H and O–H groups in total. The van der Waals surface area contributed by atoms with Crippen molar-refractivity contribution in [2.75, 3.05) is 13.2 Å². The number of hydrogen-bond acceptors (Lipinski definition) is 6. The van der Waals surface area contributed by atoms with Gasteiger partial charge in [-0.1, -0.05) is 176 Å². The smallest absolute Gasteiger partial charge is 0.306 e. The summed E-state index contributed by atoms with van der Waals surface area (Å²) >= 11 is 0. The molecule has 330 valence electrons. The van der Waals surface area contributed by atoms with Crippen molar-refractivity contribution in [1.29, 1.82) is 0 Å². The Bertz CT molecular complexity index is 1160. The molecule has 1 atom stereocenters. The molecule has 0 aliphatic carbocycles. The quantitative estimate of drug-likeness (QED) is 0.0265. The van der Waals surface area contributed by atoms with Gasteiger partial charge in [-0.3, -0.25) is 14.4 Å². The first kappa shape index (κ1) is 54.6. The number of rotatable bonds is 41. The molecule has 58 heavy (non-hydrogen) atoms. The molecule has 0 fully saturated rings. The van der Waals surface area contributed by atoms with Crippen LogP contribution >= 0.6 is 0 Å². The second-order valence-corrected chi connectivity index (χ2v) is 15.3. The Morgan fingerprint density at radius 1 is 0.362 bits per heavy atom. The molecule has 0 aliphatic heterocycles. The molecule has 1 unspecified atom stereocenters. The lowest BCUT2D eigenvalue weighted by molar-refractivity contribution is -0.167. The molecule has 0 bridgehead atoms. The normalized spacial score (nSPS) is 12.8. The van der Waals surface area contributed by atoms with E-state index in [0.717, 1.165) is 109 Å². The topological polar surface area (TPSA) is 78.9 Å². The van der Waals surface area contributed by atoms with Crippen LogP contribution in [0.25, 0.3) is 0 Å². The highest BCUT2D eigenvalue weighted by Crippen LogP contribution is 2.12. The van der Waals surface area contributed by atoms with Crippen molar-refractivity contribution in [3.63, 3.8) is 0 Å². The maximum Gasteiger partial charge on any atom is 0.306 e. The summed E-state index contributed by atoms with van der Waals surface area (Å²) in [5, 5.41) is 0. The average molecular weight is 807 g/mol. The first-order valence-corrected chi connectivity index (χ1v) is 23.6. The third-order valence-electron chi connectivity index (χ3n) is 9.63. The molecule has 0 saturated carbocycles. The van der Waals surface area contributed by atoms with Crippen LogP contribution < -0.4 is 0 Å². The lowest BCUT2D eigenvalue weighted by Gasteiger charge is -2.18. The summed E-state index contributed by atoms with van der Waals surface area (Å²) in [6.45, 7) is 6.39. The maximum absolute atomic E-state index is 12.7. The molecule has 0 aliphatic rings. The van der Waals surface area contributed by atoms with E-state index in [2.05, 4.69) is 106 Å². The van der Waals surface area contributed by atoms with Gasteiger partial charge in [-0.15, -0.1) is 0 Å². The first-order chi connectivity index (χ1) is 28.5. The van der Waals surface area contributed by atoms with Crippen molar-refractivity contribution in [3.8, 4) is 0 Å². The van der Waals surface area contributed by atoms with Crippen LogP contribution in [0.3, 0.4) is 0 Å². The molecule has 6 nitrogen and oxygen atoms in total. The van der Waals surface area contributed by atoms with Crippen LogP contribution in [0.2, 0.25) is 0 Å². The predicted octanol–water partition coefficient (Wildman–Crippen LogP) is 15.3. The highest BCUT2D eigenvalue weighted by Gasteiger charge is 2.19. The van der Waals surface area contributed by atoms with E-state index in [1.165, 1.54) is 57.8 Å². The standard InChI is InChI=1S/C52H86O6/c1-4-7-10-13-16-18-20-22-23-24-25-26-27-28-29-30-32-33-36-39-42-45-51(54)57-48-49(47-56-50(53)44-41-38-35-15-12-9-6-3)58-52(55)46-43-40-37-34-31-21-19-17-14-11-8-5-2/h7,10,16-19,22-23,25-26,28-29,32-33,49H,4-6,8-9,11-15,20-21,24,27,30-31,34-48H2,1-3H3/b10-7-,18-16-,19-17-,23-22-,26-25-,29-28-,33-32-. The number of hydrogen-bond donors (Lipinski definition) is 0. The highest BCUT2D eigenvalue weighted by molar-refractivity contribution is 5.71. The Balaban J connectivity index is 4.37. The minimum absolute atomic E-state index is 0.0942. The minimum atomic E-state index is -0.794. The van der Waals surface area contributed by atoms with E-state index in [9.17, 15) is 14.4 Å². The molecule has 0 aromatic rings. The molecule has 0 amide bonds. The van der Waals surface area contributed by atoms with E-state index in [4.69, 9.17) is 14.2 Å². The maximum atomic E-state index is 12.7. The number of unbranched alkanes of at least 4 members (excludes halogenated alkanes) is 16. The van der Waals surface area contributed by atoms with E-state index in [0.29, 0.717) is 19.3 Å². The SMILES string of the molecule is CC/C=C\C/C=C\C/C=C\C/C=C\C/C=C\C/C=C\CCCCC(=O)OCC(COC(=O)CCCCCCCCC)OC(=O)CCCCCCC/C=C\CCCCC. The predicted molar refractivity (Wildman–Crippen MR) is 247 cm³/mol.